The number of nitrogens with one attached hydrogen (secondary N) is 2. The van der Waals surface area contributed by atoms with Gasteiger partial charge in [0.05, 0.1) is 12.6 Å². The Bertz CT molecular complexity index is 944. The number of rotatable bonds is 8. The number of carboxylic acid groups (broad SMARTS) is 1. The molecule has 1 aromatic carbocycles. The van der Waals surface area contributed by atoms with E-state index >= 15 is 0 Å². The van der Waals surface area contributed by atoms with E-state index in [0.29, 0.717) is 11.3 Å². The van der Waals surface area contributed by atoms with Crippen molar-refractivity contribution in [1.82, 2.24) is 15.5 Å². The quantitative estimate of drug-likeness (QED) is 0.544. The maximum Gasteiger partial charge on any atom is 0.317 e. The van der Waals surface area contributed by atoms with E-state index in [2.05, 4.69) is 20.8 Å². The third kappa shape index (κ3) is 5.21. The molecule has 8 nitrogen and oxygen atoms in total. The fraction of sp³-hybridized carbons (Fsp3) is 0.158. The van der Waals surface area contributed by atoms with Crippen LogP contribution in [0.2, 0.25) is 0 Å². The van der Waals surface area contributed by atoms with Crippen molar-refractivity contribution in [3.8, 4) is 11.3 Å². The summed E-state index contributed by atoms with van der Waals surface area (Å²) in [4.78, 5) is 27.4. The first kappa shape index (κ1) is 19.2. The number of carbonyl (C=O) groups is 2. The van der Waals surface area contributed by atoms with E-state index in [9.17, 15) is 14.0 Å². The Hall–Kier alpha value is -3.59. The van der Waals surface area contributed by atoms with Crippen LogP contribution in [0.5, 0.6) is 0 Å². The predicted octanol–water partition coefficient (Wildman–Crippen LogP) is 2.10. The van der Waals surface area contributed by atoms with Crippen LogP contribution in [-0.4, -0.2) is 39.7 Å². The van der Waals surface area contributed by atoms with Gasteiger partial charge in [0.25, 0.3) is 0 Å². The lowest BCUT2D eigenvalue weighted by molar-refractivity contribution is -0.136. The minimum atomic E-state index is -1.10. The number of hydrogen-bond acceptors (Lipinski definition) is 6. The maximum absolute atomic E-state index is 13.1. The van der Waals surface area contributed by atoms with Crippen LogP contribution >= 0.6 is 0 Å². The van der Waals surface area contributed by atoms with Crippen molar-refractivity contribution >= 4 is 17.8 Å². The number of carbonyl (C=O) groups excluding carboxylic acids is 1. The highest BCUT2D eigenvalue weighted by atomic mass is 19.1. The summed E-state index contributed by atoms with van der Waals surface area (Å²) in [5.41, 5.74) is 1.96. The summed E-state index contributed by atoms with van der Waals surface area (Å²) in [6, 6.07) is 9.81. The van der Waals surface area contributed by atoms with Gasteiger partial charge in [-0.3, -0.25) is 25.2 Å². The van der Waals surface area contributed by atoms with Crippen molar-refractivity contribution in [2.24, 2.45) is 0 Å². The second-order valence-corrected chi connectivity index (χ2v) is 5.96. The highest BCUT2D eigenvalue weighted by Crippen LogP contribution is 2.21. The summed E-state index contributed by atoms with van der Waals surface area (Å²) in [6.07, 6.45) is 3.39. The smallest absolute Gasteiger partial charge is 0.317 e. The summed E-state index contributed by atoms with van der Waals surface area (Å²) in [7, 11) is 0. The fourth-order valence-electron chi connectivity index (χ4n) is 2.53. The number of halogens is 1. The minimum Gasteiger partial charge on any atom is -0.480 e. The van der Waals surface area contributed by atoms with Gasteiger partial charge in [0.1, 0.15) is 11.5 Å². The molecule has 1 unspecified atom stereocenters. The molecule has 2 aromatic heterocycles. The topological polar surface area (TPSA) is 117 Å². The monoisotopic (exact) mass is 384 g/mol. The first-order valence-corrected chi connectivity index (χ1v) is 8.39. The molecule has 3 aromatic rings. The average Bonchev–Trinajstić information content (AvgIpc) is 3.15. The molecule has 0 aliphatic rings. The number of aromatic nitrogens is 2. The molecule has 3 N–H and O–H groups in total. The molecule has 3 rings (SSSR count). The van der Waals surface area contributed by atoms with E-state index < -0.39 is 30.3 Å². The Morgan fingerprint density at radius 3 is 2.54 bits per heavy atom. The summed E-state index contributed by atoms with van der Waals surface area (Å²) in [5.74, 6) is -1.87. The van der Waals surface area contributed by atoms with Gasteiger partial charge >= 0.3 is 5.97 Å². The lowest BCUT2D eigenvalue weighted by Gasteiger charge is -2.16. The molecule has 28 heavy (non-hydrogen) atoms. The van der Waals surface area contributed by atoms with Gasteiger partial charge in [0.2, 0.25) is 11.8 Å². The zero-order valence-electron chi connectivity index (χ0n) is 14.6. The molecule has 9 heteroatoms. The fourth-order valence-corrected chi connectivity index (χ4v) is 2.53. The van der Waals surface area contributed by atoms with E-state index in [1.54, 1.807) is 30.6 Å². The third-order valence-electron chi connectivity index (χ3n) is 3.90. The predicted molar refractivity (Wildman–Crippen MR) is 97.9 cm³/mol. The molecular formula is C19H17FN4O4. The Morgan fingerprint density at radius 2 is 1.86 bits per heavy atom. The molecule has 1 amide bonds. The van der Waals surface area contributed by atoms with Crippen molar-refractivity contribution in [2.75, 3.05) is 11.9 Å². The molecule has 0 aliphatic heterocycles. The first-order chi connectivity index (χ1) is 13.5. The summed E-state index contributed by atoms with van der Waals surface area (Å²) in [5, 5.41) is 18.0. The van der Waals surface area contributed by atoms with Gasteiger partial charge in [0, 0.05) is 24.0 Å². The van der Waals surface area contributed by atoms with E-state index in [4.69, 9.17) is 9.63 Å². The molecule has 0 bridgehead atoms. The molecule has 144 valence electrons. The van der Waals surface area contributed by atoms with Crippen molar-refractivity contribution in [2.45, 2.75) is 12.5 Å². The lowest BCUT2D eigenvalue weighted by atomic mass is 10.1. The van der Waals surface area contributed by atoms with Crippen LogP contribution in [0.1, 0.15) is 5.56 Å². The van der Waals surface area contributed by atoms with E-state index in [1.807, 2.05) is 0 Å². The molecule has 0 fully saturated rings. The Labute approximate surface area is 159 Å². The van der Waals surface area contributed by atoms with Gasteiger partial charge in [0.15, 0.2) is 0 Å². The molecule has 0 saturated heterocycles. The van der Waals surface area contributed by atoms with Crippen LogP contribution in [0, 0.1) is 5.82 Å². The van der Waals surface area contributed by atoms with Crippen molar-refractivity contribution in [3.63, 3.8) is 0 Å². The van der Waals surface area contributed by atoms with Crippen LogP contribution in [0.4, 0.5) is 10.3 Å². The SMILES string of the molecule is O=C(O)CNC(Cc1ccc(F)cc1)C(=O)Nc1cc(-c2ccncc2)no1. The van der Waals surface area contributed by atoms with Crippen LogP contribution in [0.3, 0.4) is 0 Å². The molecule has 0 saturated carbocycles. The highest BCUT2D eigenvalue weighted by Gasteiger charge is 2.21. The second kappa shape index (κ2) is 8.87. The normalized spacial score (nSPS) is 11.8. The van der Waals surface area contributed by atoms with Gasteiger partial charge < -0.3 is 9.63 Å². The molecule has 2 heterocycles. The van der Waals surface area contributed by atoms with Crippen molar-refractivity contribution in [1.29, 1.82) is 0 Å². The van der Waals surface area contributed by atoms with Gasteiger partial charge in [-0.2, -0.15) is 0 Å². The number of aliphatic carboxylic acids is 1. The van der Waals surface area contributed by atoms with E-state index in [1.165, 1.54) is 24.3 Å². The zero-order valence-corrected chi connectivity index (χ0v) is 14.6. The minimum absolute atomic E-state index is 0.123. The second-order valence-electron chi connectivity index (χ2n) is 5.96. The summed E-state index contributed by atoms with van der Waals surface area (Å²) in [6.45, 7) is -0.405. The van der Waals surface area contributed by atoms with Crippen LogP contribution in [0.15, 0.2) is 59.4 Å². The molecular weight excluding hydrogens is 367 g/mol. The summed E-state index contributed by atoms with van der Waals surface area (Å²) < 4.78 is 18.2. The zero-order chi connectivity index (χ0) is 19.9. The van der Waals surface area contributed by atoms with Gasteiger partial charge in [-0.05, 0) is 36.2 Å². The number of nitrogens with zero attached hydrogens (tertiary/aromatic N) is 2. The number of carboxylic acids is 1. The molecule has 0 aliphatic carbocycles. The number of benzene rings is 1. The standard InChI is InChI=1S/C19H17FN4O4/c20-14-3-1-12(2-4-14)9-16(22-11-18(25)26)19(27)23-17-10-15(24-28-17)13-5-7-21-8-6-13/h1-8,10,16,22H,9,11H2,(H,23,27)(H,25,26). The molecule has 1 atom stereocenters. The van der Waals surface area contributed by atoms with Crippen LogP contribution < -0.4 is 10.6 Å². The van der Waals surface area contributed by atoms with Gasteiger partial charge in [-0.15, -0.1) is 0 Å². The Balaban J connectivity index is 1.70. The van der Waals surface area contributed by atoms with Crippen molar-refractivity contribution in [3.05, 3.63) is 66.2 Å². The van der Waals surface area contributed by atoms with Crippen LogP contribution in [-0.2, 0) is 16.0 Å². The number of anilines is 1. The maximum atomic E-state index is 13.1. The highest BCUT2D eigenvalue weighted by molar-refractivity contribution is 5.94. The third-order valence-corrected chi connectivity index (χ3v) is 3.90. The average molecular weight is 384 g/mol. The van der Waals surface area contributed by atoms with E-state index in [0.717, 1.165) is 5.56 Å². The van der Waals surface area contributed by atoms with Gasteiger partial charge in [-0.25, -0.2) is 4.39 Å². The molecule has 0 radical (unpaired) electrons. The Morgan fingerprint density at radius 1 is 1.14 bits per heavy atom. The molecule has 0 spiro atoms. The first-order valence-electron chi connectivity index (χ1n) is 8.39. The largest absolute Gasteiger partial charge is 0.480 e. The number of hydrogen-bond donors (Lipinski definition) is 3. The number of pyridine rings is 1. The van der Waals surface area contributed by atoms with Crippen molar-refractivity contribution < 1.29 is 23.6 Å². The van der Waals surface area contributed by atoms with Gasteiger partial charge in [-0.1, -0.05) is 17.3 Å². The summed E-state index contributed by atoms with van der Waals surface area (Å²) >= 11 is 0. The number of amides is 1. The lowest BCUT2D eigenvalue weighted by Crippen LogP contribution is -2.44. The Kier molecular flexibility index (Phi) is 6.07. The van der Waals surface area contributed by atoms with E-state index in [-0.39, 0.29) is 12.3 Å². The van der Waals surface area contributed by atoms with Crippen LogP contribution in [0.25, 0.3) is 11.3 Å².